The molecule has 2 aromatic rings. The monoisotopic (exact) mass is 455 g/mol. The van der Waals surface area contributed by atoms with Crippen molar-refractivity contribution in [1.82, 2.24) is 10.2 Å². The molecule has 0 radical (unpaired) electrons. The Bertz CT molecular complexity index is 1040. The predicted molar refractivity (Wildman–Crippen MR) is 129 cm³/mol. The zero-order valence-corrected chi connectivity index (χ0v) is 19.7. The molecule has 0 bridgehead atoms. The van der Waals surface area contributed by atoms with Gasteiger partial charge in [0.05, 0.1) is 6.54 Å². The molecule has 1 aliphatic heterocycles. The van der Waals surface area contributed by atoms with Gasteiger partial charge >= 0.3 is 6.03 Å². The third-order valence-corrected chi connectivity index (χ3v) is 5.89. The quantitative estimate of drug-likeness (QED) is 0.575. The number of carbonyl (C=O) groups is 2. The van der Waals surface area contributed by atoms with Crippen molar-refractivity contribution in [2.75, 3.05) is 5.32 Å². The highest BCUT2D eigenvalue weighted by atomic mass is 35.5. The lowest BCUT2D eigenvalue weighted by atomic mass is 9.91. The Balaban J connectivity index is 1.55. The zero-order valence-electron chi connectivity index (χ0n) is 18.9. The molecule has 32 heavy (non-hydrogen) atoms. The number of nitrogens with two attached hydrogens (primary N) is 1. The average molecular weight is 456 g/mol. The second-order valence-corrected chi connectivity index (χ2v) is 9.18. The smallest absolute Gasteiger partial charge is 0.319 e. The van der Waals surface area contributed by atoms with E-state index in [4.69, 9.17) is 17.3 Å². The van der Waals surface area contributed by atoms with Crippen LogP contribution < -0.4 is 16.4 Å². The number of nitrogens with zero attached hydrogens (tertiary/aromatic N) is 2. The van der Waals surface area contributed by atoms with Gasteiger partial charge in [0, 0.05) is 17.3 Å². The Kier molecular flexibility index (Phi) is 7.09. The van der Waals surface area contributed by atoms with Crippen molar-refractivity contribution in [2.45, 2.75) is 52.7 Å². The third-order valence-electron chi connectivity index (χ3n) is 5.48. The van der Waals surface area contributed by atoms with Gasteiger partial charge in [0.15, 0.2) is 5.96 Å². The fraction of sp³-hybridized carbons (Fsp3) is 0.375. The molecular formula is C24H30ClN5O2. The molecule has 170 valence electrons. The lowest BCUT2D eigenvalue weighted by Gasteiger charge is -2.23. The van der Waals surface area contributed by atoms with Crippen LogP contribution in [0.3, 0.4) is 0 Å². The van der Waals surface area contributed by atoms with Crippen LogP contribution in [-0.2, 0) is 17.9 Å². The molecule has 3 rings (SSSR count). The van der Waals surface area contributed by atoms with Crippen molar-refractivity contribution in [2.24, 2.45) is 16.6 Å². The summed E-state index contributed by atoms with van der Waals surface area (Å²) in [5.74, 6) is 0.534. The number of anilines is 1. The Morgan fingerprint density at radius 2 is 1.84 bits per heavy atom. The van der Waals surface area contributed by atoms with E-state index in [1.54, 1.807) is 18.2 Å². The number of guanidine groups is 1. The summed E-state index contributed by atoms with van der Waals surface area (Å²) >= 11 is 6.09. The Morgan fingerprint density at radius 1 is 1.19 bits per heavy atom. The number of benzene rings is 2. The first-order valence-electron chi connectivity index (χ1n) is 10.6. The maximum Gasteiger partial charge on any atom is 0.319 e. The van der Waals surface area contributed by atoms with Gasteiger partial charge in [-0.3, -0.25) is 9.69 Å². The molecule has 8 heteroatoms. The van der Waals surface area contributed by atoms with Crippen LogP contribution in [0, 0.1) is 12.8 Å². The van der Waals surface area contributed by atoms with E-state index in [2.05, 4.69) is 29.5 Å². The van der Waals surface area contributed by atoms with Gasteiger partial charge < -0.3 is 16.4 Å². The van der Waals surface area contributed by atoms with Crippen molar-refractivity contribution in [3.8, 4) is 0 Å². The normalized spacial score (nSPS) is 18.1. The molecule has 7 nitrogen and oxygen atoms in total. The highest BCUT2D eigenvalue weighted by molar-refractivity contribution is 6.31. The van der Waals surface area contributed by atoms with Crippen molar-refractivity contribution < 1.29 is 9.59 Å². The summed E-state index contributed by atoms with van der Waals surface area (Å²) in [5.41, 5.74) is 8.62. The van der Waals surface area contributed by atoms with E-state index in [1.165, 1.54) is 4.90 Å². The number of aliphatic imine (C=N–C) groups is 1. The highest BCUT2D eigenvalue weighted by Crippen LogP contribution is 2.29. The van der Waals surface area contributed by atoms with Gasteiger partial charge in [-0.1, -0.05) is 55.8 Å². The van der Waals surface area contributed by atoms with Crippen molar-refractivity contribution in [1.29, 1.82) is 0 Å². The zero-order chi connectivity index (χ0) is 23.5. The number of urea groups is 1. The van der Waals surface area contributed by atoms with Crippen LogP contribution in [0.4, 0.5) is 10.5 Å². The first kappa shape index (κ1) is 23.6. The molecule has 1 atom stereocenters. The van der Waals surface area contributed by atoms with E-state index in [9.17, 15) is 9.59 Å². The lowest BCUT2D eigenvalue weighted by Crippen LogP contribution is -2.43. The van der Waals surface area contributed by atoms with Crippen molar-refractivity contribution >= 4 is 35.2 Å². The summed E-state index contributed by atoms with van der Waals surface area (Å²) in [6.45, 7) is 8.55. The summed E-state index contributed by atoms with van der Waals surface area (Å²) in [4.78, 5) is 31.1. The largest absolute Gasteiger partial charge is 0.369 e. The number of amides is 3. The van der Waals surface area contributed by atoms with Gasteiger partial charge in [-0.05, 0) is 55.0 Å². The van der Waals surface area contributed by atoms with Crippen LogP contribution in [-0.4, -0.2) is 28.3 Å². The van der Waals surface area contributed by atoms with Crippen LogP contribution >= 0.6 is 11.6 Å². The molecule has 2 aromatic carbocycles. The molecule has 0 aliphatic carbocycles. The van der Waals surface area contributed by atoms with Crippen LogP contribution in [0.1, 0.15) is 43.9 Å². The van der Waals surface area contributed by atoms with E-state index in [0.717, 1.165) is 16.7 Å². The standard InChI is InChI=1S/C24H30ClN5O2/c1-15(2)12-24(4)21(31)30(22(26)29-24)14-18-10-8-17(9-11-18)13-27-23(32)28-20-7-5-6-19(25)16(20)3/h5-11,15H,12-14H2,1-4H3,(H2,26,29)(H2,27,28,32). The molecule has 0 aromatic heterocycles. The SMILES string of the molecule is Cc1c(Cl)cccc1NC(=O)NCc1ccc(CN2C(=O)C(C)(CC(C)C)N=C2N)cc1. The number of nitrogens with one attached hydrogen (secondary N) is 2. The number of carbonyl (C=O) groups excluding carboxylic acids is 2. The maximum atomic E-state index is 12.9. The van der Waals surface area contributed by atoms with Gasteiger partial charge in [0.2, 0.25) is 0 Å². The van der Waals surface area contributed by atoms with Crippen molar-refractivity contribution in [3.63, 3.8) is 0 Å². The first-order valence-corrected chi connectivity index (χ1v) is 11.0. The Morgan fingerprint density at radius 3 is 2.50 bits per heavy atom. The minimum Gasteiger partial charge on any atom is -0.369 e. The minimum atomic E-state index is -0.795. The Hall–Kier alpha value is -3.06. The van der Waals surface area contributed by atoms with Gasteiger partial charge in [-0.25, -0.2) is 9.79 Å². The molecule has 0 spiro atoms. The van der Waals surface area contributed by atoms with Crippen molar-refractivity contribution in [3.05, 3.63) is 64.2 Å². The van der Waals surface area contributed by atoms with E-state index in [-0.39, 0.29) is 17.9 Å². The van der Waals surface area contributed by atoms with Gasteiger partial charge in [0.1, 0.15) is 5.54 Å². The molecule has 1 unspecified atom stereocenters. The maximum absolute atomic E-state index is 12.9. The van der Waals surface area contributed by atoms with Crippen LogP contribution in [0.25, 0.3) is 0 Å². The lowest BCUT2D eigenvalue weighted by molar-refractivity contribution is -0.131. The third kappa shape index (κ3) is 5.40. The minimum absolute atomic E-state index is 0.0672. The summed E-state index contributed by atoms with van der Waals surface area (Å²) in [6, 6.07) is 12.7. The highest BCUT2D eigenvalue weighted by Gasteiger charge is 2.43. The topological polar surface area (TPSA) is 99.8 Å². The molecule has 0 fully saturated rings. The molecule has 1 aliphatic rings. The second kappa shape index (κ2) is 9.61. The molecule has 4 N–H and O–H groups in total. The fourth-order valence-corrected chi connectivity index (χ4v) is 4.05. The summed E-state index contributed by atoms with van der Waals surface area (Å²) in [6.07, 6.45) is 0.657. The molecular weight excluding hydrogens is 426 g/mol. The van der Waals surface area contributed by atoms with Crippen LogP contribution in [0.15, 0.2) is 47.5 Å². The second-order valence-electron chi connectivity index (χ2n) is 8.77. The number of rotatable bonds is 7. The van der Waals surface area contributed by atoms with Crippen LogP contribution in [0.5, 0.6) is 0 Å². The molecule has 0 saturated heterocycles. The van der Waals surface area contributed by atoms with E-state index < -0.39 is 5.54 Å². The fourth-order valence-electron chi connectivity index (χ4n) is 3.87. The Labute approximate surface area is 194 Å². The molecule has 0 saturated carbocycles. The summed E-state index contributed by atoms with van der Waals surface area (Å²) in [5, 5.41) is 6.24. The summed E-state index contributed by atoms with van der Waals surface area (Å²) < 4.78 is 0. The van der Waals surface area contributed by atoms with Gasteiger partial charge in [0.25, 0.3) is 5.91 Å². The molecule has 1 heterocycles. The average Bonchev–Trinajstić information content (AvgIpc) is 2.93. The molecule has 3 amide bonds. The van der Waals surface area contributed by atoms with Gasteiger partial charge in [-0.2, -0.15) is 0 Å². The van der Waals surface area contributed by atoms with E-state index in [0.29, 0.717) is 36.1 Å². The van der Waals surface area contributed by atoms with E-state index in [1.807, 2.05) is 38.1 Å². The predicted octanol–water partition coefficient (Wildman–Crippen LogP) is 4.43. The number of hydrogen-bond acceptors (Lipinski definition) is 4. The first-order chi connectivity index (χ1) is 15.1. The van der Waals surface area contributed by atoms with Gasteiger partial charge in [-0.15, -0.1) is 0 Å². The van der Waals surface area contributed by atoms with E-state index >= 15 is 0 Å². The number of halogens is 1. The van der Waals surface area contributed by atoms with Crippen LogP contribution in [0.2, 0.25) is 5.02 Å². The number of hydrogen-bond donors (Lipinski definition) is 3. The summed E-state index contributed by atoms with van der Waals surface area (Å²) in [7, 11) is 0.